The average molecular weight is 388 g/mol. The van der Waals surface area contributed by atoms with Crippen LogP contribution in [0.5, 0.6) is 5.75 Å². The Morgan fingerprint density at radius 3 is 2.81 bits per heavy atom. The van der Waals surface area contributed by atoms with Crippen LogP contribution in [-0.2, 0) is 6.54 Å². The third-order valence-corrected chi connectivity index (χ3v) is 4.68. The van der Waals surface area contributed by atoms with E-state index in [4.69, 9.17) is 21.4 Å². The molecule has 1 aliphatic rings. The first-order valence-corrected chi connectivity index (χ1v) is 9.38. The van der Waals surface area contributed by atoms with E-state index < -0.39 is 5.97 Å². The van der Waals surface area contributed by atoms with E-state index in [1.54, 1.807) is 6.07 Å². The van der Waals surface area contributed by atoms with Crippen LogP contribution in [0.15, 0.2) is 42.5 Å². The first-order chi connectivity index (χ1) is 13.1. The van der Waals surface area contributed by atoms with E-state index in [2.05, 4.69) is 22.3 Å². The van der Waals surface area contributed by atoms with Gasteiger partial charge in [0.25, 0.3) is 0 Å². The Morgan fingerprint density at radius 1 is 1.33 bits per heavy atom. The highest BCUT2D eigenvalue weighted by Crippen LogP contribution is 2.28. The van der Waals surface area contributed by atoms with Crippen LogP contribution in [0.1, 0.15) is 42.2 Å². The fourth-order valence-corrected chi connectivity index (χ4v) is 3.19. The SMILES string of the molecule is CCN(Cc1cc(Cl)ccc1OC1C=CCCC1)c1ccc(C(=O)O)nn1. The number of ether oxygens (including phenoxy) is 1. The summed E-state index contributed by atoms with van der Waals surface area (Å²) in [5.41, 5.74) is 0.873. The minimum atomic E-state index is -1.09. The number of hydrogen-bond donors (Lipinski definition) is 1. The molecule has 0 fully saturated rings. The van der Waals surface area contributed by atoms with E-state index >= 15 is 0 Å². The molecule has 6 nitrogen and oxygen atoms in total. The molecule has 1 aliphatic carbocycles. The van der Waals surface area contributed by atoms with Gasteiger partial charge >= 0.3 is 5.97 Å². The summed E-state index contributed by atoms with van der Waals surface area (Å²) in [7, 11) is 0. The lowest BCUT2D eigenvalue weighted by Gasteiger charge is -2.25. The number of allylic oxidation sites excluding steroid dienone is 1. The lowest BCUT2D eigenvalue weighted by molar-refractivity contribution is 0.0689. The van der Waals surface area contributed by atoms with Gasteiger partial charge in [0.05, 0.1) is 0 Å². The summed E-state index contributed by atoms with van der Waals surface area (Å²) in [4.78, 5) is 13.0. The van der Waals surface area contributed by atoms with Crippen molar-refractivity contribution in [3.05, 3.63) is 58.8 Å². The normalized spacial score (nSPS) is 16.1. The van der Waals surface area contributed by atoms with Crippen molar-refractivity contribution in [1.29, 1.82) is 0 Å². The van der Waals surface area contributed by atoms with Crippen molar-refractivity contribution in [2.24, 2.45) is 0 Å². The molecular weight excluding hydrogens is 366 g/mol. The molecule has 1 atom stereocenters. The maximum atomic E-state index is 11.0. The Balaban J connectivity index is 1.81. The fourth-order valence-electron chi connectivity index (χ4n) is 3.00. The van der Waals surface area contributed by atoms with E-state index in [1.165, 1.54) is 6.07 Å². The van der Waals surface area contributed by atoms with Crippen molar-refractivity contribution >= 4 is 23.4 Å². The standard InChI is InChI=1S/C20H22ClN3O3/c1-2-24(19-11-9-17(20(25)26)22-23-19)13-14-12-15(21)8-10-18(14)27-16-6-4-3-5-7-16/h4,6,8-12,16H,2-3,5,7,13H2,1H3,(H,25,26). The number of aromatic carboxylic acids is 1. The van der Waals surface area contributed by atoms with Gasteiger partial charge in [-0.1, -0.05) is 17.7 Å². The number of aromatic nitrogens is 2. The zero-order valence-electron chi connectivity index (χ0n) is 15.1. The molecule has 27 heavy (non-hydrogen) atoms. The lowest BCUT2D eigenvalue weighted by atomic mass is 10.1. The van der Waals surface area contributed by atoms with Crippen LogP contribution in [0.3, 0.4) is 0 Å². The lowest BCUT2D eigenvalue weighted by Crippen LogP contribution is -2.25. The molecule has 0 radical (unpaired) electrons. The Hall–Kier alpha value is -2.60. The van der Waals surface area contributed by atoms with Crippen LogP contribution in [0.25, 0.3) is 0 Å². The Morgan fingerprint density at radius 2 is 2.19 bits per heavy atom. The van der Waals surface area contributed by atoms with Crippen molar-refractivity contribution < 1.29 is 14.6 Å². The molecule has 0 saturated heterocycles. The van der Waals surface area contributed by atoms with Gasteiger partial charge in [-0.3, -0.25) is 0 Å². The number of nitrogens with zero attached hydrogens (tertiary/aromatic N) is 3. The predicted octanol–water partition coefficient (Wildman–Crippen LogP) is 4.34. The Bertz CT molecular complexity index is 824. The molecule has 1 aromatic carbocycles. The summed E-state index contributed by atoms with van der Waals surface area (Å²) >= 11 is 6.21. The van der Waals surface area contributed by atoms with E-state index in [0.717, 1.165) is 30.6 Å². The molecule has 1 aromatic heterocycles. The number of carboxylic acid groups (broad SMARTS) is 1. The molecule has 1 unspecified atom stereocenters. The fraction of sp³-hybridized carbons (Fsp3) is 0.350. The second-order valence-electron chi connectivity index (χ2n) is 6.36. The van der Waals surface area contributed by atoms with Crippen molar-refractivity contribution in [3.63, 3.8) is 0 Å². The molecule has 0 bridgehead atoms. The molecule has 2 aromatic rings. The Labute approximate surface area is 163 Å². The maximum Gasteiger partial charge on any atom is 0.356 e. The summed E-state index contributed by atoms with van der Waals surface area (Å²) in [6.45, 7) is 3.21. The summed E-state index contributed by atoms with van der Waals surface area (Å²) in [6.07, 6.45) is 7.55. The minimum absolute atomic E-state index is 0.0726. The highest BCUT2D eigenvalue weighted by molar-refractivity contribution is 6.30. The van der Waals surface area contributed by atoms with Crippen LogP contribution in [-0.4, -0.2) is 33.9 Å². The number of hydrogen-bond acceptors (Lipinski definition) is 5. The largest absolute Gasteiger partial charge is 0.486 e. The van der Waals surface area contributed by atoms with E-state index in [0.29, 0.717) is 23.9 Å². The molecular formula is C20H22ClN3O3. The number of carboxylic acids is 1. The molecule has 7 heteroatoms. The van der Waals surface area contributed by atoms with Crippen molar-refractivity contribution in [2.75, 3.05) is 11.4 Å². The highest BCUT2D eigenvalue weighted by Gasteiger charge is 2.16. The number of halogens is 1. The smallest absolute Gasteiger partial charge is 0.356 e. The topological polar surface area (TPSA) is 75.5 Å². The minimum Gasteiger partial charge on any atom is -0.486 e. The first kappa shape index (κ1) is 19.2. The number of rotatable bonds is 7. The van der Waals surface area contributed by atoms with Crippen molar-refractivity contribution in [3.8, 4) is 5.75 Å². The molecule has 1 heterocycles. The molecule has 142 valence electrons. The molecule has 1 N–H and O–H groups in total. The average Bonchev–Trinajstić information content (AvgIpc) is 2.69. The predicted molar refractivity (Wildman–Crippen MR) is 105 cm³/mol. The van der Waals surface area contributed by atoms with Gasteiger partial charge in [0.2, 0.25) is 0 Å². The van der Waals surface area contributed by atoms with Gasteiger partial charge in [0.1, 0.15) is 11.9 Å². The van der Waals surface area contributed by atoms with Crippen molar-refractivity contribution in [1.82, 2.24) is 10.2 Å². The van der Waals surface area contributed by atoms with Gasteiger partial charge in [0, 0.05) is 23.7 Å². The number of anilines is 1. The zero-order valence-corrected chi connectivity index (χ0v) is 15.9. The zero-order chi connectivity index (χ0) is 19.2. The molecule has 3 rings (SSSR count). The number of benzene rings is 1. The number of carbonyl (C=O) groups is 1. The van der Waals surface area contributed by atoms with Gasteiger partial charge < -0.3 is 14.7 Å². The summed E-state index contributed by atoms with van der Waals surface area (Å²) in [6, 6.07) is 8.73. The third-order valence-electron chi connectivity index (χ3n) is 4.45. The van der Waals surface area contributed by atoms with Crippen LogP contribution in [0, 0.1) is 0 Å². The monoisotopic (exact) mass is 387 g/mol. The highest BCUT2D eigenvalue weighted by atomic mass is 35.5. The van der Waals surface area contributed by atoms with E-state index in [1.807, 2.05) is 30.0 Å². The summed E-state index contributed by atoms with van der Waals surface area (Å²) in [5, 5.41) is 17.4. The quantitative estimate of drug-likeness (QED) is 0.712. The van der Waals surface area contributed by atoms with Crippen LogP contribution in [0.2, 0.25) is 5.02 Å². The first-order valence-electron chi connectivity index (χ1n) is 9.00. The van der Waals surface area contributed by atoms with Gasteiger partial charge in [0.15, 0.2) is 11.5 Å². The maximum absolute atomic E-state index is 11.0. The van der Waals surface area contributed by atoms with E-state index in [9.17, 15) is 4.79 Å². The van der Waals surface area contributed by atoms with Gasteiger partial charge in [-0.15, -0.1) is 10.2 Å². The van der Waals surface area contributed by atoms with Crippen LogP contribution < -0.4 is 9.64 Å². The molecule has 0 aliphatic heterocycles. The van der Waals surface area contributed by atoms with Crippen molar-refractivity contribution in [2.45, 2.75) is 38.8 Å². The summed E-state index contributed by atoms with van der Waals surface area (Å²) < 4.78 is 6.19. The van der Waals surface area contributed by atoms with Gasteiger partial charge in [-0.05, 0) is 62.6 Å². The summed E-state index contributed by atoms with van der Waals surface area (Å²) in [5.74, 6) is 0.304. The van der Waals surface area contributed by atoms with Crippen LogP contribution in [0.4, 0.5) is 5.82 Å². The molecule has 0 saturated carbocycles. The second kappa shape index (κ2) is 8.86. The Kier molecular flexibility index (Phi) is 6.29. The van der Waals surface area contributed by atoms with Gasteiger partial charge in [-0.25, -0.2) is 4.79 Å². The van der Waals surface area contributed by atoms with Gasteiger partial charge in [-0.2, -0.15) is 0 Å². The third kappa shape index (κ3) is 4.98. The molecule has 0 spiro atoms. The van der Waals surface area contributed by atoms with Crippen LogP contribution >= 0.6 is 11.6 Å². The molecule has 0 amide bonds. The second-order valence-corrected chi connectivity index (χ2v) is 6.80. The van der Waals surface area contributed by atoms with E-state index in [-0.39, 0.29) is 11.8 Å².